The van der Waals surface area contributed by atoms with E-state index in [9.17, 15) is 25.5 Å². The van der Waals surface area contributed by atoms with Crippen molar-refractivity contribution in [3.05, 3.63) is 41.2 Å². The first-order valence-corrected chi connectivity index (χ1v) is 10.8. The van der Waals surface area contributed by atoms with E-state index in [2.05, 4.69) is 4.74 Å². The number of aromatic hydroxyl groups is 3. The van der Waals surface area contributed by atoms with Gasteiger partial charge < -0.3 is 54.0 Å². The number of fused-ring (bicyclic) bond motifs is 1. The van der Waals surface area contributed by atoms with Gasteiger partial charge in [0.2, 0.25) is 12.0 Å². The van der Waals surface area contributed by atoms with E-state index in [0.717, 1.165) is 0 Å². The number of ether oxygens (including phenoxy) is 6. The topological polar surface area (TPSA) is 160 Å². The molecule has 2 aromatic carbocycles. The summed E-state index contributed by atoms with van der Waals surface area (Å²) in [5.41, 5.74) is 0.957. The molecule has 0 aliphatic carbocycles. The van der Waals surface area contributed by atoms with Gasteiger partial charge in [-0.1, -0.05) is 0 Å². The lowest BCUT2D eigenvalue weighted by atomic mass is 9.98. The van der Waals surface area contributed by atoms with Crippen molar-refractivity contribution in [3.63, 3.8) is 0 Å². The zero-order valence-corrected chi connectivity index (χ0v) is 19.6. The Morgan fingerprint density at radius 2 is 1.57 bits per heavy atom. The predicted molar refractivity (Wildman–Crippen MR) is 122 cm³/mol. The smallest absolute Gasteiger partial charge is 0.269 e. The van der Waals surface area contributed by atoms with Crippen molar-refractivity contribution in [1.82, 2.24) is 0 Å². The summed E-state index contributed by atoms with van der Waals surface area (Å²) in [7, 11) is 4.32. The molecule has 6 atom stereocenters. The molecule has 0 saturated carbocycles. The van der Waals surface area contributed by atoms with Crippen LogP contribution in [0.3, 0.4) is 0 Å². The molecule has 4 rings (SSSR count). The Morgan fingerprint density at radius 1 is 0.914 bits per heavy atom. The first-order valence-electron chi connectivity index (χ1n) is 10.8. The third-order valence-electron chi connectivity index (χ3n) is 6.00. The van der Waals surface area contributed by atoms with Crippen LogP contribution in [0, 0.1) is 0 Å². The molecule has 2 aromatic rings. The summed E-state index contributed by atoms with van der Waals surface area (Å²) in [6, 6.07) is 5.93. The molecular weight excluding hydrogens is 464 g/mol. The van der Waals surface area contributed by atoms with Gasteiger partial charge in [0.15, 0.2) is 24.7 Å². The van der Waals surface area contributed by atoms with E-state index in [0.29, 0.717) is 22.6 Å². The molecule has 35 heavy (non-hydrogen) atoms. The van der Waals surface area contributed by atoms with Gasteiger partial charge in [-0.25, -0.2) is 0 Å². The number of hydrogen-bond acceptors (Lipinski definition) is 10. The Morgan fingerprint density at radius 3 is 2.17 bits per heavy atom. The third-order valence-corrected chi connectivity index (χ3v) is 6.00. The minimum Gasteiger partial charge on any atom is -0.584 e. The molecule has 0 spiro atoms. The average molecular weight is 493 g/mol. The largest absolute Gasteiger partial charge is 0.584 e. The Bertz CT molecular complexity index is 1090. The second-order valence-corrected chi connectivity index (χ2v) is 8.22. The van der Waals surface area contributed by atoms with E-state index < -0.39 is 36.8 Å². The highest BCUT2D eigenvalue weighted by Crippen LogP contribution is 2.47. The summed E-state index contributed by atoms with van der Waals surface area (Å²) >= 11 is 0. The SMILES string of the molecule is COc1cc(C2Oc3cc(O)cc([OH+]C)c3C=C2OC2OC(C)C(O)C(O)C2O)cc(OC)c1O. The molecule has 6 N–H and O–H groups in total. The van der Waals surface area contributed by atoms with Crippen LogP contribution < -0.4 is 14.2 Å². The average Bonchev–Trinajstić information content (AvgIpc) is 2.85. The molecular formula is C24H29O11+. The van der Waals surface area contributed by atoms with Crippen LogP contribution in [0.4, 0.5) is 0 Å². The van der Waals surface area contributed by atoms with Gasteiger partial charge >= 0.3 is 0 Å². The molecule has 0 radical (unpaired) electrons. The van der Waals surface area contributed by atoms with Crippen molar-refractivity contribution in [2.24, 2.45) is 0 Å². The van der Waals surface area contributed by atoms with Crippen LogP contribution >= 0.6 is 0 Å². The Kier molecular flexibility index (Phi) is 6.86. The lowest BCUT2D eigenvalue weighted by Crippen LogP contribution is -2.57. The minimum absolute atomic E-state index is 0.0568. The van der Waals surface area contributed by atoms with Crippen LogP contribution in [-0.2, 0) is 9.47 Å². The first-order chi connectivity index (χ1) is 16.7. The van der Waals surface area contributed by atoms with Gasteiger partial charge in [0.05, 0.1) is 26.4 Å². The maximum Gasteiger partial charge on any atom is 0.269 e. The van der Waals surface area contributed by atoms with Crippen LogP contribution in [0.5, 0.6) is 34.5 Å². The zero-order valence-electron chi connectivity index (χ0n) is 19.6. The van der Waals surface area contributed by atoms with Gasteiger partial charge in [0, 0.05) is 17.7 Å². The number of aliphatic hydroxyl groups is 4. The molecule has 2 heterocycles. The highest BCUT2D eigenvalue weighted by molar-refractivity contribution is 5.70. The van der Waals surface area contributed by atoms with Crippen LogP contribution in [0.25, 0.3) is 6.08 Å². The molecule has 1 saturated heterocycles. The van der Waals surface area contributed by atoms with Crippen LogP contribution in [-0.4, -0.2) is 82.3 Å². The molecule has 11 heteroatoms. The first kappa shape index (κ1) is 24.7. The molecule has 2 aliphatic heterocycles. The van der Waals surface area contributed by atoms with Crippen molar-refractivity contribution in [1.29, 1.82) is 0 Å². The summed E-state index contributed by atoms with van der Waals surface area (Å²) in [5.74, 6) is 0.880. The fourth-order valence-corrected chi connectivity index (χ4v) is 4.07. The molecule has 0 bridgehead atoms. The van der Waals surface area contributed by atoms with Gasteiger partial charge in [-0.2, -0.15) is 0 Å². The maximum atomic E-state index is 10.5. The summed E-state index contributed by atoms with van der Waals surface area (Å²) in [6.07, 6.45) is -5.84. The van der Waals surface area contributed by atoms with E-state index in [1.165, 1.54) is 38.5 Å². The Balaban J connectivity index is 1.81. The second kappa shape index (κ2) is 9.70. The molecule has 0 aromatic heterocycles. The highest BCUT2D eigenvalue weighted by Gasteiger charge is 2.44. The van der Waals surface area contributed by atoms with Crippen molar-refractivity contribution in [3.8, 4) is 34.5 Å². The number of methoxy groups -OCH3 is 2. The zero-order chi connectivity index (χ0) is 25.4. The number of hydrogen-bond donors (Lipinski definition) is 5. The quantitative estimate of drug-likeness (QED) is 0.371. The standard InChI is InChI=1S/C24H28O11/c1-10-19(26)21(28)22(29)24(33-10)35-18-9-13-14(30-2)7-12(25)8-15(13)34-23(18)11-5-16(31-3)20(27)17(6-11)32-4/h5-10,19,21-29H,1-4H3/p+1. The van der Waals surface area contributed by atoms with Crippen molar-refractivity contribution >= 4 is 6.08 Å². The number of benzene rings is 2. The summed E-state index contributed by atoms with van der Waals surface area (Å²) < 4.78 is 32.5. The van der Waals surface area contributed by atoms with Gasteiger partial charge in [-0.15, -0.1) is 0 Å². The number of phenols is 2. The molecule has 6 unspecified atom stereocenters. The van der Waals surface area contributed by atoms with Gasteiger partial charge in [-0.3, -0.25) is 0 Å². The Hall–Kier alpha value is -3.38. The number of phenolic OH excluding ortho intramolecular Hbond substituents is 2. The van der Waals surface area contributed by atoms with E-state index in [4.69, 9.17) is 23.7 Å². The molecule has 0 amide bonds. The van der Waals surface area contributed by atoms with Gasteiger partial charge in [0.25, 0.3) is 5.75 Å². The third kappa shape index (κ3) is 4.50. The van der Waals surface area contributed by atoms with Crippen molar-refractivity contribution in [2.75, 3.05) is 21.3 Å². The maximum absolute atomic E-state index is 10.5. The molecule has 190 valence electrons. The van der Waals surface area contributed by atoms with Crippen molar-refractivity contribution < 1.29 is 54.0 Å². The van der Waals surface area contributed by atoms with E-state index in [1.54, 1.807) is 20.1 Å². The molecule has 1 fully saturated rings. The van der Waals surface area contributed by atoms with E-state index in [1.807, 2.05) is 0 Å². The van der Waals surface area contributed by atoms with E-state index in [-0.39, 0.29) is 28.8 Å². The summed E-state index contributed by atoms with van der Waals surface area (Å²) in [5, 5.41) is 51.2. The highest BCUT2D eigenvalue weighted by atomic mass is 16.7. The number of rotatable bonds is 6. The number of aliphatic hydroxyl groups excluding tert-OH is 3. The minimum atomic E-state index is -1.55. The summed E-state index contributed by atoms with van der Waals surface area (Å²) in [6.45, 7) is 1.54. The van der Waals surface area contributed by atoms with Crippen LogP contribution in [0.2, 0.25) is 0 Å². The van der Waals surface area contributed by atoms with Crippen LogP contribution in [0.15, 0.2) is 30.0 Å². The molecule has 11 nitrogen and oxygen atoms in total. The van der Waals surface area contributed by atoms with E-state index >= 15 is 0 Å². The van der Waals surface area contributed by atoms with Crippen LogP contribution in [0.1, 0.15) is 24.2 Å². The Labute approximate surface area is 201 Å². The second-order valence-electron chi connectivity index (χ2n) is 8.22. The monoisotopic (exact) mass is 493 g/mol. The van der Waals surface area contributed by atoms with Gasteiger partial charge in [-0.05, 0) is 19.1 Å². The predicted octanol–water partition coefficient (Wildman–Crippen LogP) is 1.30. The van der Waals surface area contributed by atoms with Gasteiger partial charge in [0.1, 0.15) is 41.1 Å². The fraction of sp³-hybridized carbons (Fsp3) is 0.417. The fourth-order valence-electron chi connectivity index (χ4n) is 4.07. The lowest BCUT2D eigenvalue weighted by molar-refractivity contribution is -0.285. The van der Waals surface area contributed by atoms with Crippen molar-refractivity contribution in [2.45, 2.75) is 43.7 Å². The molecule has 2 aliphatic rings. The normalized spacial score (nSPS) is 27.8. The summed E-state index contributed by atoms with van der Waals surface area (Å²) in [4.78, 5) is 0. The lowest BCUT2D eigenvalue weighted by Gasteiger charge is -2.40.